The number of benzene rings is 1. The van der Waals surface area contributed by atoms with Crippen LogP contribution in [0.2, 0.25) is 0 Å². The SMILES string of the molecule is Cc1ccccc1CN1CCN(C(=O)[C@@H](N)CC(C)C)CC1. The fourth-order valence-electron chi connectivity index (χ4n) is 3.00. The zero-order chi connectivity index (χ0) is 16.1. The van der Waals surface area contributed by atoms with E-state index < -0.39 is 0 Å². The number of piperazine rings is 1. The monoisotopic (exact) mass is 303 g/mol. The lowest BCUT2D eigenvalue weighted by atomic mass is 10.0. The zero-order valence-electron chi connectivity index (χ0n) is 14.1. The lowest BCUT2D eigenvalue weighted by Crippen LogP contribution is -2.53. The first-order chi connectivity index (χ1) is 10.5. The molecular formula is C18H29N3O. The maximum Gasteiger partial charge on any atom is 0.239 e. The molecule has 1 aromatic carbocycles. The minimum atomic E-state index is -0.345. The summed E-state index contributed by atoms with van der Waals surface area (Å²) in [4.78, 5) is 16.7. The number of rotatable bonds is 5. The number of amides is 1. The number of nitrogens with zero attached hydrogens (tertiary/aromatic N) is 2. The zero-order valence-corrected chi connectivity index (χ0v) is 14.1. The summed E-state index contributed by atoms with van der Waals surface area (Å²) in [6.45, 7) is 10.8. The van der Waals surface area contributed by atoms with Crippen molar-refractivity contribution in [2.45, 2.75) is 39.8 Å². The summed E-state index contributed by atoms with van der Waals surface area (Å²) in [5, 5.41) is 0. The van der Waals surface area contributed by atoms with Gasteiger partial charge in [-0.05, 0) is 30.4 Å². The van der Waals surface area contributed by atoms with Crippen molar-refractivity contribution in [1.82, 2.24) is 9.80 Å². The van der Waals surface area contributed by atoms with E-state index in [9.17, 15) is 4.79 Å². The van der Waals surface area contributed by atoms with Crippen LogP contribution in [0.1, 0.15) is 31.4 Å². The molecule has 1 atom stereocenters. The van der Waals surface area contributed by atoms with Crippen LogP contribution < -0.4 is 5.73 Å². The van der Waals surface area contributed by atoms with E-state index in [1.54, 1.807) is 0 Å². The lowest BCUT2D eigenvalue weighted by Gasteiger charge is -2.36. The molecule has 4 heteroatoms. The summed E-state index contributed by atoms with van der Waals surface area (Å²) < 4.78 is 0. The topological polar surface area (TPSA) is 49.6 Å². The van der Waals surface area contributed by atoms with Crippen LogP contribution >= 0.6 is 0 Å². The number of carbonyl (C=O) groups is 1. The van der Waals surface area contributed by atoms with Crippen LogP contribution in [0.5, 0.6) is 0 Å². The minimum Gasteiger partial charge on any atom is -0.339 e. The normalized spacial score (nSPS) is 17.8. The van der Waals surface area contributed by atoms with Gasteiger partial charge in [0.2, 0.25) is 5.91 Å². The Bertz CT molecular complexity index is 493. The Morgan fingerprint density at radius 3 is 2.41 bits per heavy atom. The van der Waals surface area contributed by atoms with Crippen LogP contribution in [0.15, 0.2) is 24.3 Å². The Morgan fingerprint density at radius 1 is 1.18 bits per heavy atom. The molecule has 1 aromatic rings. The summed E-state index contributed by atoms with van der Waals surface area (Å²) in [6, 6.07) is 8.16. The lowest BCUT2D eigenvalue weighted by molar-refractivity contribution is -0.134. The van der Waals surface area contributed by atoms with Gasteiger partial charge in [-0.15, -0.1) is 0 Å². The molecule has 4 nitrogen and oxygen atoms in total. The van der Waals surface area contributed by atoms with E-state index >= 15 is 0 Å². The second-order valence-corrected chi connectivity index (χ2v) is 6.76. The van der Waals surface area contributed by atoms with Crippen molar-refractivity contribution < 1.29 is 4.79 Å². The Hall–Kier alpha value is -1.39. The molecule has 1 saturated heterocycles. The standard InChI is InChI=1S/C18H29N3O/c1-14(2)12-17(19)18(22)21-10-8-20(9-11-21)13-16-7-5-4-6-15(16)3/h4-7,14,17H,8-13,19H2,1-3H3/t17-/m0/s1. The predicted octanol–water partition coefficient (Wildman–Crippen LogP) is 2.01. The van der Waals surface area contributed by atoms with Gasteiger partial charge in [0.15, 0.2) is 0 Å². The largest absolute Gasteiger partial charge is 0.339 e. The average Bonchev–Trinajstić information content (AvgIpc) is 2.49. The molecule has 1 amide bonds. The van der Waals surface area contributed by atoms with Crippen LogP contribution in [0, 0.1) is 12.8 Å². The number of nitrogens with two attached hydrogens (primary N) is 1. The van der Waals surface area contributed by atoms with Gasteiger partial charge in [-0.2, -0.15) is 0 Å². The molecule has 1 fully saturated rings. The third kappa shape index (κ3) is 4.55. The Labute approximate surface area is 134 Å². The molecule has 0 aliphatic carbocycles. The molecule has 1 aliphatic rings. The quantitative estimate of drug-likeness (QED) is 0.905. The summed E-state index contributed by atoms with van der Waals surface area (Å²) in [6.07, 6.45) is 0.766. The molecular weight excluding hydrogens is 274 g/mol. The maximum atomic E-state index is 12.3. The van der Waals surface area contributed by atoms with Crippen LogP contribution in [0.3, 0.4) is 0 Å². The highest BCUT2D eigenvalue weighted by atomic mass is 16.2. The minimum absolute atomic E-state index is 0.115. The van der Waals surface area contributed by atoms with Crippen molar-refractivity contribution in [3.05, 3.63) is 35.4 Å². The smallest absolute Gasteiger partial charge is 0.239 e. The Balaban J connectivity index is 1.83. The fourth-order valence-corrected chi connectivity index (χ4v) is 3.00. The van der Waals surface area contributed by atoms with E-state index in [1.807, 2.05) is 4.90 Å². The molecule has 2 rings (SSSR count). The third-order valence-electron chi connectivity index (χ3n) is 4.38. The predicted molar refractivity (Wildman–Crippen MR) is 90.5 cm³/mol. The number of carbonyl (C=O) groups excluding carboxylic acids is 1. The third-order valence-corrected chi connectivity index (χ3v) is 4.38. The van der Waals surface area contributed by atoms with Crippen molar-refractivity contribution in [3.8, 4) is 0 Å². The molecule has 0 aromatic heterocycles. The van der Waals surface area contributed by atoms with Gasteiger partial charge in [-0.1, -0.05) is 38.1 Å². The van der Waals surface area contributed by atoms with Gasteiger partial charge < -0.3 is 10.6 Å². The molecule has 122 valence electrons. The van der Waals surface area contributed by atoms with E-state index in [4.69, 9.17) is 5.73 Å². The summed E-state index contributed by atoms with van der Waals surface area (Å²) in [5.74, 6) is 0.575. The van der Waals surface area contributed by atoms with Crippen molar-refractivity contribution >= 4 is 5.91 Å². The molecule has 1 aliphatic heterocycles. The van der Waals surface area contributed by atoms with Gasteiger partial charge in [-0.3, -0.25) is 9.69 Å². The van der Waals surface area contributed by atoms with Crippen molar-refractivity contribution in [2.75, 3.05) is 26.2 Å². The molecule has 22 heavy (non-hydrogen) atoms. The Kier molecular flexibility index (Phi) is 5.98. The van der Waals surface area contributed by atoms with Gasteiger partial charge >= 0.3 is 0 Å². The van der Waals surface area contributed by atoms with E-state index in [-0.39, 0.29) is 11.9 Å². The summed E-state index contributed by atoms with van der Waals surface area (Å²) >= 11 is 0. The highest BCUT2D eigenvalue weighted by Crippen LogP contribution is 2.13. The van der Waals surface area contributed by atoms with E-state index in [0.717, 1.165) is 39.1 Å². The van der Waals surface area contributed by atoms with E-state index in [0.29, 0.717) is 5.92 Å². The van der Waals surface area contributed by atoms with E-state index in [2.05, 4.69) is 49.9 Å². The first kappa shape index (κ1) is 17.0. The molecule has 0 radical (unpaired) electrons. The first-order valence-electron chi connectivity index (χ1n) is 8.28. The molecule has 2 N–H and O–H groups in total. The molecule has 0 saturated carbocycles. The number of hydrogen-bond donors (Lipinski definition) is 1. The van der Waals surface area contributed by atoms with E-state index in [1.165, 1.54) is 11.1 Å². The van der Waals surface area contributed by atoms with Crippen molar-refractivity contribution in [1.29, 1.82) is 0 Å². The Morgan fingerprint density at radius 2 is 1.82 bits per heavy atom. The molecule has 0 unspecified atom stereocenters. The van der Waals surface area contributed by atoms with Crippen LogP contribution in [0.4, 0.5) is 0 Å². The number of aryl methyl sites for hydroxylation is 1. The molecule has 0 spiro atoms. The highest BCUT2D eigenvalue weighted by molar-refractivity contribution is 5.81. The van der Waals surface area contributed by atoms with Crippen LogP contribution in [-0.2, 0) is 11.3 Å². The van der Waals surface area contributed by atoms with Crippen LogP contribution in [-0.4, -0.2) is 47.9 Å². The van der Waals surface area contributed by atoms with Gasteiger partial charge in [0, 0.05) is 32.7 Å². The molecule has 1 heterocycles. The highest BCUT2D eigenvalue weighted by Gasteiger charge is 2.25. The summed E-state index contributed by atoms with van der Waals surface area (Å²) in [7, 11) is 0. The van der Waals surface area contributed by atoms with Crippen molar-refractivity contribution in [3.63, 3.8) is 0 Å². The van der Waals surface area contributed by atoms with Gasteiger partial charge in [-0.25, -0.2) is 0 Å². The molecule has 0 bridgehead atoms. The second-order valence-electron chi connectivity index (χ2n) is 6.76. The second kappa shape index (κ2) is 7.75. The first-order valence-corrected chi connectivity index (χ1v) is 8.28. The fraction of sp³-hybridized carbons (Fsp3) is 0.611. The van der Waals surface area contributed by atoms with Gasteiger partial charge in [0.25, 0.3) is 0 Å². The van der Waals surface area contributed by atoms with Crippen molar-refractivity contribution in [2.24, 2.45) is 11.7 Å². The average molecular weight is 303 g/mol. The summed E-state index contributed by atoms with van der Waals surface area (Å²) in [5.41, 5.74) is 8.73. The van der Waals surface area contributed by atoms with Gasteiger partial charge in [0.1, 0.15) is 0 Å². The maximum absolute atomic E-state index is 12.3. The van der Waals surface area contributed by atoms with Crippen LogP contribution in [0.25, 0.3) is 0 Å². The number of hydrogen-bond acceptors (Lipinski definition) is 3. The van der Waals surface area contributed by atoms with Gasteiger partial charge in [0.05, 0.1) is 6.04 Å².